The lowest BCUT2D eigenvalue weighted by Crippen LogP contribution is -2.40. The van der Waals surface area contributed by atoms with Gasteiger partial charge in [-0.1, -0.05) is 24.3 Å². The summed E-state index contributed by atoms with van der Waals surface area (Å²) in [6.45, 7) is -0.126. The van der Waals surface area contributed by atoms with Gasteiger partial charge in [-0.15, -0.1) is 0 Å². The first-order valence-electron chi connectivity index (χ1n) is 14.5. The third-order valence-electron chi connectivity index (χ3n) is 6.98. The summed E-state index contributed by atoms with van der Waals surface area (Å²) in [5.41, 5.74) is 3.35. The number of guanidine groups is 1. The third kappa shape index (κ3) is 9.50. The molecule has 4 aromatic rings. The summed E-state index contributed by atoms with van der Waals surface area (Å²) in [6.07, 6.45) is -2.85. The Kier molecular flexibility index (Phi) is 10.3. The summed E-state index contributed by atoms with van der Waals surface area (Å²) in [7, 11) is 0. The summed E-state index contributed by atoms with van der Waals surface area (Å²) in [5, 5.41) is 13.7. The number of ether oxygens (including phenoxy) is 2. The highest BCUT2D eigenvalue weighted by Crippen LogP contribution is 2.29. The molecule has 0 spiro atoms. The average Bonchev–Trinajstić information content (AvgIpc) is 3.06. The number of halogens is 4. The normalized spacial score (nSPS) is 13.6. The number of benzene rings is 3. The SMILES string of the molecule is N=C(/N=c1/ccc(-c2ccc(NC(=O)Cc3ccc(F)cc3)cc2)c[nH]1)Nc1ccc(C(=O)N2CCOCC2)cc1OCC(F)(F)F. The number of aromatic amines is 1. The first-order chi connectivity index (χ1) is 22.5. The van der Waals surface area contributed by atoms with Gasteiger partial charge in [0.15, 0.2) is 6.61 Å². The Morgan fingerprint density at radius 3 is 2.30 bits per heavy atom. The van der Waals surface area contributed by atoms with Gasteiger partial charge >= 0.3 is 6.18 Å². The molecule has 0 atom stereocenters. The molecular formula is C33H30F4N6O4. The van der Waals surface area contributed by atoms with Crippen molar-refractivity contribution in [3.8, 4) is 16.9 Å². The highest BCUT2D eigenvalue weighted by molar-refractivity contribution is 5.98. The zero-order valence-corrected chi connectivity index (χ0v) is 24.9. The maximum absolute atomic E-state index is 13.1. The molecule has 0 unspecified atom stereocenters. The van der Waals surface area contributed by atoms with E-state index in [1.165, 1.54) is 30.3 Å². The Morgan fingerprint density at radius 1 is 0.936 bits per heavy atom. The number of morpholine rings is 1. The molecule has 0 aliphatic carbocycles. The van der Waals surface area contributed by atoms with E-state index in [0.717, 1.165) is 11.1 Å². The van der Waals surface area contributed by atoms with E-state index in [4.69, 9.17) is 14.9 Å². The van der Waals surface area contributed by atoms with Gasteiger partial charge < -0.3 is 30.0 Å². The second-order valence-corrected chi connectivity index (χ2v) is 10.5. The van der Waals surface area contributed by atoms with Gasteiger partial charge in [0.1, 0.15) is 17.1 Å². The van der Waals surface area contributed by atoms with E-state index in [9.17, 15) is 27.2 Å². The second kappa shape index (κ2) is 14.7. The number of carbonyl (C=O) groups excluding carboxylic acids is 2. The maximum atomic E-state index is 13.1. The molecule has 14 heteroatoms. The summed E-state index contributed by atoms with van der Waals surface area (Å²) >= 11 is 0. The van der Waals surface area contributed by atoms with Crippen LogP contribution in [0.15, 0.2) is 90.1 Å². The largest absolute Gasteiger partial charge is 0.482 e. The maximum Gasteiger partial charge on any atom is 0.422 e. The number of aromatic nitrogens is 1. The van der Waals surface area contributed by atoms with E-state index >= 15 is 0 Å². The lowest BCUT2D eigenvalue weighted by Gasteiger charge is -2.27. The lowest BCUT2D eigenvalue weighted by molar-refractivity contribution is -0.153. The summed E-state index contributed by atoms with van der Waals surface area (Å²) in [6, 6.07) is 20.2. The molecule has 0 bridgehead atoms. The highest BCUT2D eigenvalue weighted by atomic mass is 19.4. The molecule has 10 nitrogen and oxygen atoms in total. The molecule has 0 saturated carbocycles. The molecule has 1 aliphatic rings. The molecule has 1 aromatic heterocycles. The zero-order chi connectivity index (χ0) is 33.4. The molecule has 0 radical (unpaired) electrons. The summed E-state index contributed by atoms with van der Waals surface area (Å²) in [4.78, 5) is 33.9. The van der Waals surface area contributed by atoms with Gasteiger partial charge in [-0.05, 0) is 71.3 Å². The minimum Gasteiger partial charge on any atom is -0.482 e. The van der Waals surface area contributed by atoms with Gasteiger partial charge in [0, 0.05) is 30.5 Å². The van der Waals surface area contributed by atoms with Crippen molar-refractivity contribution < 1.29 is 36.6 Å². The fourth-order valence-electron chi connectivity index (χ4n) is 4.67. The van der Waals surface area contributed by atoms with Crippen molar-refractivity contribution in [1.29, 1.82) is 5.41 Å². The number of carbonyl (C=O) groups is 2. The van der Waals surface area contributed by atoms with E-state index in [2.05, 4.69) is 20.6 Å². The Bertz CT molecular complexity index is 1780. The predicted octanol–water partition coefficient (Wildman–Crippen LogP) is 5.36. The first-order valence-corrected chi connectivity index (χ1v) is 14.5. The average molecular weight is 651 g/mol. The summed E-state index contributed by atoms with van der Waals surface area (Å²) < 4.78 is 62.2. The molecule has 2 amide bonds. The van der Waals surface area contributed by atoms with Crippen molar-refractivity contribution in [2.24, 2.45) is 4.99 Å². The zero-order valence-electron chi connectivity index (χ0n) is 24.9. The monoisotopic (exact) mass is 650 g/mol. The molecule has 47 heavy (non-hydrogen) atoms. The number of nitrogens with zero attached hydrogens (tertiary/aromatic N) is 2. The van der Waals surface area contributed by atoms with E-state index in [1.54, 1.807) is 47.5 Å². The van der Waals surface area contributed by atoms with Crippen LogP contribution < -0.4 is 20.9 Å². The van der Waals surface area contributed by atoms with Gasteiger partial charge in [0.05, 0.1) is 25.3 Å². The van der Waals surface area contributed by atoms with Crippen molar-refractivity contribution in [2.75, 3.05) is 43.5 Å². The minimum absolute atomic E-state index is 0.0306. The van der Waals surface area contributed by atoms with Crippen molar-refractivity contribution in [2.45, 2.75) is 12.6 Å². The Balaban J connectivity index is 1.23. The molecular weight excluding hydrogens is 620 g/mol. The molecule has 3 aromatic carbocycles. The molecule has 1 fully saturated rings. The Morgan fingerprint density at radius 2 is 1.64 bits per heavy atom. The van der Waals surface area contributed by atoms with Crippen LogP contribution in [0.25, 0.3) is 11.1 Å². The van der Waals surface area contributed by atoms with Crippen molar-refractivity contribution in [3.05, 3.63) is 107 Å². The fourth-order valence-corrected chi connectivity index (χ4v) is 4.67. The molecule has 5 rings (SSSR count). The highest BCUT2D eigenvalue weighted by Gasteiger charge is 2.29. The van der Waals surface area contributed by atoms with E-state index in [1.807, 2.05) is 12.1 Å². The number of pyridine rings is 1. The predicted molar refractivity (Wildman–Crippen MR) is 167 cm³/mol. The number of hydrogen-bond acceptors (Lipinski definition) is 5. The van der Waals surface area contributed by atoms with Crippen LogP contribution in [-0.2, 0) is 16.0 Å². The van der Waals surface area contributed by atoms with Crippen LogP contribution in [-0.4, -0.2) is 66.7 Å². The van der Waals surface area contributed by atoms with Crippen LogP contribution in [0.2, 0.25) is 0 Å². The quantitative estimate of drug-likeness (QED) is 0.116. The molecule has 2 heterocycles. The second-order valence-electron chi connectivity index (χ2n) is 10.5. The van der Waals surface area contributed by atoms with Crippen LogP contribution >= 0.6 is 0 Å². The number of H-pyrrole nitrogens is 1. The van der Waals surface area contributed by atoms with Gasteiger partial charge in [-0.2, -0.15) is 18.2 Å². The number of hydrogen-bond donors (Lipinski definition) is 4. The number of rotatable bonds is 8. The molecule has 1 saturated heterocycles. The smallest absolute Gasteiger partial charge is 0.422 e. The lowest BCUT2D eigenvalue weighted by atomic mass is 10.1. The Hall–Kier alpha value is -5.50. The van der Waals surface area contributed by atoms with Gasteiger partial charge in [0.25, 0.3) is 5.91 Å². The molecule has 4 N–H and O–H groups in total. The van der Waals surface area contributed by atoms with E-state index in [0.29, 0.717) is 37.6 Å². The van der Waals surface area contributed by atoms with E-state index in [-0.39, 0.29) is 52.5 Å². The van der Waals surface area contributed by atoms with Gasteiger partial charge in [-0.3, -0.25) is 15.0 Å². The number of alkyl halides is 3. The first kappa shape index (κ1) is 32.9. The van der Waals surface area contributed by atoms with Crippen molar-refractivity contribution in [3.63, 3.8) is 0 Å². The standard InChI is InChI=1S/C33H30F4N6O4/c34-25-7-1-21(2-8-25)17-30(44)40-26-9-3-22(4-10-26)24-6-12-29(39-19-24)42-32(38)41-27-11-5-23(18-28(27)47-20-33(35,36)37)31(45)43-13-15-46-16-14-43/h1-12,18-19H,13-17,20H2,(H,40,44)(H3,38,39,41,42). The molecule has 1 aliphatic heterocycles. The van der Waals surface area contributed by atoms with Crippen molar-refractivity contribution >= 4 is 29.1 Å². The van der Waals surface area contributed by atoms with Crippen LogP contribution in [0.3, 0.4) is 0 Å². The molecule has 244 valence electrons. The number of anilines is 2. The fraction of sp³-hybridized carbons (Fsp3) is 0.212. The third-order valence-corrected chi connectivity index (χ3v) is 6.98. The van der Waals surface area contributed by atoms with Crippen molar-refractivity contribution in [1.82, 2.24) is 9.88 Å². The number of nitrogens with one attached hydrogen (secondary N) is 4. The number of amides is 2. The van der Waals surface area contributed by atoms with E-state index < -0.39 is 12.8 Å². The van der Waals surface area contributed by atoms with Crippen LogP contribution in [0, 0.1) is 11.2 Å². The van der Waals surface area contributed by atoms with Crippen LogP contribution in [0.4, 0.5) is 28.9 Å². The minimum atomic E-state index is -4.62. The van der Waals surface area contributed by atoms with Gasteiger partial charge in [-0.25, -0.2) is 4.39 Å². The van der Waals surface area contributed by atoms with Crippen LogP contribution in [0.5, 0.6) is 5.75 Å². The topological polar surface area (TPSA) is 132 Å². The Labute approximate surface area is 266 Å². The summed E-state index contributed by atoms with van der Waals surface area (Å²) in [5.74, 6) is -1.62. The van der Waals surface area contributed by atoms with Gasteiger partial charge in [0.2, 0.25) is 11.9 Å². The van der Waals surface area contributed by atoms with Crippen LogP contribution in [0.1, 0.15) is 15.9 Å².